The van der Waals surface area contributed by atoms with E-state index in [9.17, 15) is 4.79 Å². The van der Waals surface area contributed by atoms with Crippen LogP contribution in [0.3, 0.4) is 0 Å². The molecule has 1 heterocycles. The van der Waals surface area contributed by atoms with Crippen LogP contribution >= 0.6 is 0 Å². The largest absolute Gasteiger partial charge is 0.338 e. The van der Waals surface area contributed by atoms with Crippen LogP contribution in [0.15, 0.2) is 12.5 Å². The maximum Gasteiger partial charge on any atom is 0.149 e. The minimum Gasteiger partial charge on any atom is -0.338 e. The molecule has 0 saturated carbocycles. The molecule has 0 spiro atoms. The molecule has 0 aliphatic carbocycles. The number of rotatable bonds is 4. The van der Waals surface area contributed by atoms with Crippen LogP contribution in [0.4, 0.5) is 0 Å². The van der Waals surface area contributed by atoms with Gasteiger partial charge in [-0.1, -0.05) is 34.6 Å². The first kappa shape index (κ1) is 18.2. The third-order valence-electron chi connectivity index (χ3n) is 2.11. The lowest BCUT2D eigenvalue weighted by Crippen LogP contribution is -2.32. The molecule has 0 aromatic carbocycles. The van der Waals surface area contributed by atoms with E-state index < -0.39 is 0 Å². The summed E-state index contributed by atoms with van der Waals surface area (Å²) in [6, 6.07) is -0.389. The van der Waals surface area contributed by atoms with E-state index in [2.05, 4.69) is 4.98 Å². The average molecular weight is 241 g/mol. The van der Waals surface area contributed by atoms with Gasteiger partial charge in [0.25, 0.3) is 0 Å². The predicted molar refractivity (Wildman–Crippen MR) is 72.9 cm³/mol. The van der Waals surface area contributed by atoms with Gasteiger partial charge in [0.1, 0.15) is 5.78 Å². The number of carbonyl (C=O) groups is 1. The predicted octanol–water partition coefficient (Wildman–Crippen LogP) is 2.32. The number of hydrogen-bond donors (Lipinski definition) is 1. The smallest absolute Gasteiger partial charge is 0.149 e. The second-order valence-electron chi connectivity index (χ2n) is 3.13. The highest BCUT2D eigenvalue weighted by Gasteiger charge is 2.13. The van der Waals surface area contributed by atoms with Gasteiger partial charge in [-0.25, -0.2) is 4.98 Å². The summed E-state index contributed by atoms with van der Waals surface area (Å²) in [5.74, 6) is 0.0983. The zero-order valence-corrected chi connectivity index (χ0v) is 12.0. The van der Waals surface area contributed by atoms with Crippen molar-refractivity contribution in [2.45, 2.75) is 53.5 Å². The van der Waals surface area contributed by atoms with Crippen molar-refractivity contribution < 1.29 is 4.79 Å². The fourth-order valence-electron chi connectivity index (χ4n) is 1.18. The Kier molecular flexibility index (Phi) is 12.1. The Morgan fingerprint density at radius 1 is 1.41 bits per heavy atom. The van der Waals surface area contributed by atoms with Gasteiger partial charge in [0.2, 0.25) is 0 Å². The van der Waals surface area contributed by atoms with Crippen LogP contribution in [0.5, 0.6) is 0 Å². The third-order valence-corrected chi connectivity index (χ3v) is 2.11. The fraction of sp³-hybridized carbons (Fsp3) is 0.692. The van der Waals surface area contributed by atoms with Crippen molar-refractivity contribution in [3.63, 3.8) is 0 Å². The standard InChI is InChI=1S/C9H15N3O.2C2H6/c1-3-9(13)8(10)4-7-5-11-6-12(7)2;2*1-2/h5-6,8H,3-4,10H2,1-2H3;2*1-2H3. The van der Waals surface area contributed by atoms with Gasteiger partial charge in [0.15, 0.2) is 0 Å². The lowest BCUT2D eigenvalue weighted by atomic mass is 10.1. The second-order valence-corrected chi connectivity index (χ2v) is 3.13. The van der Waals surface area contributed by atoms with Gasteiger partial charge in [0, 0.05) is 31.8 Å². The van der Waals surface area contributed by atoms with Crippen LogP contribution in [0, 0.1) is 0 Å². The number of carbonyl (C=O) groups excluding carboxylic acids is 1. The zero-order valence-electron chi connectivity index (χ0n) is 12.0. The summed E-state index contributed by atoms with van der Waals surface area (Å²) in [5.41, 5.74) is 6.69. The van der Waals surface area contributed by atoms with Gasteiger partial charge < -0.3 is 10.3 Å². The molecule has 1 aromatic rings. The van der Waals surface area contributed by atoms with Gasteiger partial charge in [-0.2, -0.15) is 0 Å². The van der Waals surface area contributed by atoms with E-state index in [0.29, 0.717) is 12.8 Å². The molecule has 0 aliphatic rings. The highest BCUT2D eigenvalue weighted by Crippen LogP contribution is 2.01. The molecule has 4 heteroatoms. The number of aromatic nitrogens is 2. The average Bonchev–Trinajstić information content (AvgIpc) is 2.79. The minimum absolute atomic E-state index is 0.0983. The van der Waals surface area contributed by atoms with Gasteiger partial charge in [-0.3, -0.25) is 4.79 Å². The Hall–Kier alpha value is -1.16. The maximum absolute atomic E-state index is 11.2. The number of imidazole rings is 1. The molecule has 0 radical (unpaired) electrons. The van der Waals surface area contributed by atoms with E-state index in [1.807, 2.05) is 46.2 Å². The molecule has 1 unspecified atom stereocenters. The lowest BCUT2D eigenvalue weighted by Gasteiger charge is -2.08. The van der Waals surface area contributed by atoms with Crippen molar-refractivity contribution in [3.8, 4) is 0 Å². The van der Waals surface area contributed by atoms with Crippen LogP contribution in [-0.2, 0) is 18.3 Å². The van der Waals surface area contributed by atoms with Crippen LogP contribution in [0.25, 0.3) is 0 Å². The van der Waals surface area contributed by atoms with E-state index in [1.165, 1.54) is 0 Å². The first-order chi connectivity index (χ1) is 8.15. The monoisotopic (exact) mass is 241 g/mol. The fourth-order valence-corrected chi connectivity index (χ4v) is 1.18. The number of ketones is 1. The Morgan fingerprint density at radius 2 is 1.94 bits per heavy atom. The van der Waals surface area contributed by atoms with Crippen molar-refractivity contribution >= 4 is 5.78 Å². The molecule has 17 heavy (non-hydrogen) atoms. The number of aryl methyl sites for hydroxylation is 1. The van der Waals surface area contributed by atoms with Crippen LogP contribution < -0.4 is 5.73 Å². The third kappa shape index (κ3) is 6.89. The molecule has 0 saturated heterocycles. The molecule has 2 N–H and O–H groups in total. The Balaban J connectivity index is 0. The van der Waals surface area contributed by atoms with Crippen LogP contribution in [0.2, 0.25) is 0 Å². The summed E-state index contributed by atoms with van der Waals surface area (Å²) in [6.45, 7) is 9.82. The number of Topliss-reactive ketones (excluding diaryl/α,β-unsaturated/α-hetero) is 1. The highest BCUT2D eigenvalue weighted by molar-refractivity contribution is 5.83. The molecule has 4 nitrogen and oxygen atoms in total. The van der Waals surface area contributed by atoms with Gasteiger partial charge in [-0.05, 0) is 0 Å². The number of nitrogens with two attached hydrogens (primary N) is 1. The number of nitrogens with zero attached hydrogens (tertiary/aromatic N) is 2. The Morgan fingerprint density at radius 3 is 2.29 bits per heavy atom. The molecular formula is C13H27N3O. The molecule has 1 atom stereocenters. The molecule has 0 bridgehead atoms. The topological polar surface area (TPSA) is 60.9 Å². The zero-order chi connectivity index (χ0) is 13.8. The van der Waals surface area contributed by atoms with Crippen LogP contribution in [-0.4, -0.2) is 21.4 Å². The maximum atomic E-state index is 11.2. The molecule has 0 amide bonds. The summed E-state index contributed by atoms with van der Waals surface area (Å²) in [5, 5.41) is 0. The van der Waals surface area contributed by atoms with Crippen molar-refractivity contribution in [2.24, 2.45) is 12.8 Å². The summed E-state index contributed by atoms with van der Waals surface area (Å²) in [4.78, 5) is 15.2. The highest BCUT2D eigenvalue weighted by atomic mass is 16.1. The Labute approximate surface area is 105 Å². The van der Waals surface area contributed by atoms with E-state index in [-0.39, 0.29) is 11.8 Å². The van der Waals surface area contributed by atoms with Gasteiger partial charge in [0.05, 0.1) is 12.4 Å². The van der Waals surface area contributed by atoms with Crippen molar-refractivity contribution in [2.75, 3.05) is 0 Å². The van der Waals surface area contributed by atoms with Crippen LogP contribution in [0.1, 0.15) is 46.7 Å². The van der Waals surface area contributed by atoms with Gasteiger partial charge in [-0.15, -0.1) is 0 Å². The molecule has 100 valence electrons. The first-order valence-electron chi connectivity index (χ1n) is 6.38. The summed E-state index contributed by atoms with van der Waals surface area (Å²) >= 11 is 0. The molecule has 1 rings (SSSR count). The Bertz CT molecular complexity index is 295. The lowest BCUT2D eigenvalue weighted by molar-refractivity contribution is -0.119. The van der Waals surface area contributed by atoms with E-state index in [4.69, 9.17) is 5.73 Å². The summed E-state index contributed by atoms with van der Waals surface area (Å²) < 4.78 is 1.88. The van der Waals surface area contributed by atoms with E-state index in [0.717, 1.165) is 5.69 Å². The summed E-state index contributed by atoms with van der Waals surface area (Å²) in [7, 11) is 1.89. The van der Waals surface area contributed by atoms with E-state index in [1.54, 1.807) is 12.5 Å². The second kappa shape index (κ2) is 11.3. The van der Waals surface area contributed by atoms with Crippen molar-refractivity contribution in [1.29, 1.82) is 0 Å². The molecule has 1 aromatic heterocycles. The van der Waals surface area contributed by atoms with Gasteiger partial charge >= 0.3 is 0 Å². The molecule has 0 aliphatic heterocycles. The molecule has 0 fully saturated rings. The van der Waals surface area contributed by atoms with Crippen molar-refractivity contribution in [3.05, 3.63) is 18.2 Å². The normalized spacial score (nSPS) is 10.5. The summed E-state index contributed by atoms with van der Waals surface area (Å²) in [6.07, 6.45) is 4.52. The molecular weight excluding hydrogens is 214 g/mol. The van der Waals surface area contributed by atoms with E-state index >= 15 is 0 Å². The van der Waals surface area contributed by atoms with Crippen molar-refractivity contribution in [1.82, 2.24) is 9.55 Å². The minimum atomic E-state index is -0.389. The number of hydrogen-bond acceptors (Lipinski definition) is 3. The quantitative estimate of drug-likeness (QED) is 0.880. The first-order valence-corrected chi connectivity index (χ1v) is 6.38. The SMILES string of the molecule is CC.CC.CCC(=O)C(N)Cc1cncn1C.